The first-order valence-corrected chi connectivity index (χ1v) is 6.09. The average molecular weight is 317 g/mol. The van der Waals surface area contributed by atoms with E-state index in [4.69, 9.17) is 5.84 Å². The molecule has 1 saturated heterocycles. The topological polar surface area (TPSA) is 112 Å². The minimum atomic E-state index is -0.914. The van der Waals surface area contributed by atoms with Crippen LogP contribution in [0.5, 0.6) is 0 Å². The van der Waals surface area contributed by atoms with Crippen LogP contribution in [-0.2, 0) is 0 Å². The fraction of sp³-hybridized carbons (Fsp3) is 0.400. The van der Waals surface area contributed by atoms with Crippen molar-refractivity contribution >= 4 is 27.7 Å². The number of aliphatic hydroxyl groups excluding tert-OH is 2. The zero-order chi connectivity index (χ0) is 13.3. The van der Waals surface area contributed by atoms with Gasteiger partial charge in [-0.3, -0.25) is 4.79 Å². The summed E-state index contributed by atoms with van der Waals surface area (Å²) in [5.41, 5.74) is 2.63. The lowest BCUT2D eigenvalue weighted by atomic mass is 10.2. The van der Waals surface area contributed by atoms with E-state index in [9.17, 15) is 15.0 Å². The highest BCUT2D eigenvalue weighted by Gasteiger charge is 2.33. The van der Waals surface area contributed by atoms with Crippen molar-refractivity contribution in [2.24, 2.45) is 5.84 Å². The van der Waals surface area contributed by atoms with Gasteiger partial charge in [0.05, 0.1) is 17.8 Å². The molecule has 5 N–H and O–H groups in total. The highest BCUT2D eigenvalue weighted by molar-refractivity contribution is 9.10. The van der Waals surface area contributed by atoms with Gasteiger partial charge in [0.15, 0.2) is 5.82 Å². The van der Waals surface area contributed by atoms with Gasteiger partial charge in [0.1, 0.15) is 0 Å². The Morgan fingerprint density at radius 2 is 2.11 bits per heavy atom. The lowest BCUT2D eigenvalue weighted by Crippen LogP contribution is -2.31. The number of nitrogens with zero attached hydrogens (tertiary/aromatic N) is 2. The standard InChI is InChI=1S/C10H13BrN4O3/c11-5-1-6(9(14-12)13-2-5)10(18)15-3-7(16)8(17)4-15/h1-2,7-8,16-17H,3-4,12H2,(H,13,14). The number of carbonyl (C=O) groups is 1. The number of halogens is 1. The number of aliphatic hydroxyl groups is 2. The number of β-amino-alcohol motifs (C(OH)–C–C–N with tert-alkyl or cyclic N) is 2. The van der Waals surface area contributed by atoms with Crippen LogP contribution in [-0.4, -0.2) is 51.3 Å². The van der Waals surface area contributed by atoms with Crippen molar-refractivity contribution in [3.63, 3.8) is 0 Å². The van der Waals surface area contributed by atoms with Crippen LogP contribution in [0.15, 0.2) is 16.7 Å². The number of carbonyl (C=O) groups excluding carboxylic acids is 1. The summed E-state index contributed by atoms with van der Waals surface area (Å²) in [6.07, 6.45) is -0.314. The molecule has 0 aliphatic carbocycles. The molecule has 18 heavy (non-hydrogen) atoms. The molecule has 2 unspecified atom stereocenters. The van der Waals surface area contributed by atoms with Gasteiger partial charge in [-0.15, -0.1) is 0 Å². The summed E-state index contributed by atoms with van der Waals surface area (Å²) in [6.45, 7) is 0.188. The number of amides is 1. The van der Waals surface area contributed by atoms with E-state index in [0.717, 1.165) is 0 Å². The number of hydrazine groups is 1. The maximum atomic E-state index is 12.2. The first-order chi connectivity index (χ1) is 8.52. The van der Waals surface area contributed by atoms with Gasteiger partial charge >= 0.3 is 0 Å². The fourth-order valence-electron chi connectivity index (χ4n) is 1.82. The first-order valence-electron chi connectivity index (χ1n) is 5.30. The molecule has 0 radical (unpaired) electrons. The van der Waals surface area contributed by atoms with Crippen LogP contribution in [0, 0.1) is 0 Å². The molecule has 2 rings (SSSR count). The number of nitrogens with two attached hydrogens (primary N) is 1. The molecule has 1 aromatic rings. The number of rotatable bonds is 2. The second-order valence-corrected chi connectivity index (χ2v) is 4.95. The molecular weight excluding hydrogens is 304 g/mol. The predicted octanol–water partition coefficient (Wildman–Crippen LogP) is -0.693. The summed E-state index contributed by atoms with van der Waals surface area (Å²) < 4.78 is 0.644. The van der Waals surface area contributed by atoms with Crippen LogP contribution in [0.2, 0.25) is 0 Å². The van der Waals surface area contributed by atoms with E-state index in [1.807, 2.05) is 0 Å². The number of anilines is 1. The van der Waals surface area contributed by atoms with Gasteiger partial charge in [-0.25, -0.2) is 10.8 Å². The highest BCUT2D eigenvalue weighted by atomic mass is 79.9. The van der Waals surface area contributed by atoms with Gasteiger partial charge in [0.2, 0.25) is 0 Å². The van der Waals surface area contributed by atoms with Gasteiger partial charge < -0.3 is 20.5 Å². The molecule has 2 atom stereocenters. The van der Waals surface area contributed by atoms with Crippen LogP contribution in [0.4, 0.5) is 5.82 Å². The summed E-state index contributed by atoms with van der Waals surface area (Å²) in [6, 6.07) is 1.58. The quantitative estimate of drug-likeness (QED) is 0.424. The van der Waals surface area contributed by atoms with Gasteiger partial charge in [0.25, 0.3) is 5.91 Å². The lowest BCUT2D eigenvalue weighted by Gasteiger charge is -2.17. The van der Waals surface area contributed by atoms with Crippen molar-refractivity contribution in [1.82, 2.24) is 9.88 Å². The Bertz CT molecular complexity index is 460. The van der Waals surface area contributed by atoms with Crippen molar-refractivity contribution in [3.05, 3.63) is 22.3 Å². The fourth-order valence-corrected chi connectivity index (χ4v) is 2.15. The van der Waals surface area contributed by atoms with Gasteiger partial charge in [-0.2, -0.15) is 0 Å². The molecule has 1 amide bonds. The van der Waals surface area contributed by atoms with E-state index in [1.54, 1.807) is 6.07 Å². The Morgan fingerprint density at radius 1 is 1.50 bits per heavy atom. The third-order valence-corrected chi connectivity index (χ3v) is 3.20. The van der Waals surface area contributed by atoms with E-state index in [1.165, 1.54) is 11.1 Å². The molecule has 0 saturated carbocycles. The summed E-state index contributed by atoms with van der Waals surface area (Å²) in [5, 5.41) is 18.9. The number of likely N-dealkylation sites (tertiary alicyclic amines) is 1. The maximum Gasteiger partial charge on any atom is 0.257 e. The minimum Gasteiger partial charge on any atom is -0.388 e. The van der Waals surface area contributed by atoms with Crippen LogP contribution in [0.1, 0.15) is 10.4 Å². The third-order valence-electron chi connectivity index (χ3n) is 2.77. The smallest absolute Gasteiger partial charge is 0.257 e. The summed E-state index contributed by atoms with van der Waals surface area (Å²) in [4.78, 5) is 17.5. The first kappa shape index (κ1) is 13.2. The molecular formula is C10H13BrN4O3. The molecule has 7 nitrogen and oxygen atoms in total. The Kier molecular flexibility index (Phi) is 3.81. The van der Waals surface area contributed by atoms with Crippen molar-refractivity contribution in [3.8, 4) is 0 Å². The minimum absolute atomic E-state index is 0.0938. The number of hydrogen-bond donors (Lipinski definition) is 4. The Hall–Kier alpha value is -1.22. The number of aromatic nitrogens is 1. The van der Waals surface area contributed by atoms with E-state index >= 15 is 0 Å². The zero-order valence-corrected chi connectivity index (χ0v) is 11.0. The third kappa shape index (κ3) is 2.46. The Labute approximate surface area is 112 Å². The predicted molar refractivity (Wildman–Crippen MR) is 67.7 cm³/mol. The number of nitrogen functional groups attached to an aromatic ring is 1. The molecule has 0 spiro atoms. The molecule has 2 heterocycles. The lowest BCUT2D eigenvalue weighted by molar-refractivity contribution is 0.0572. The molecule has 1 aliphatic rings. The number of hydrogen-bond acceptors (Lipinski definition) is 6. The SMILES string of the molecule is NNc1ncc(Br)cc1C(=O)N1CC(O)C(O)C1. The second-order valence-electron chi connectivity index (χ2n) is 4.04. The van der Waals surface area contributed by atoms with Crippen molar-refractivity contribution in [1.29, 1.82) is 0 Å². The number of pyridine rings is 1. The summed E-state index contributed by atoms with van der Waals surface area (Å²) in [5.74, 6) is 5.20. The van der Waals surface area contributed by atoms with Crippen LogP contribution in [0.3, 0.4) is 0 Å². The molecule has 8 heteroatoms. The summed E-state index contributed by atoms with van der Waals surface area (Å²) in [7, 11) is 0. The molecule has 0 bridgehead atoms. The molecule has 1 fully saturated rings. The normalized spacial score (nSPS) is 23.2. The monoisotopic (exact) mass is 316 g/mol. The van der Waals surface area contributed by atoms with Crippen LogP contribution < -0.4 is 11.3 Å². The summed E-state index contributed by atoms with van der Waals surface area (Å²) >= 11 is 3.23. The molecule has 1 aromatic heterocycles. The second kappa shape index (κ2) is 5.19. The number of nitrogens with one attached hydrogen (secondary N) is 1. The molecule has 0 aromatic carbocycles. The van der Waals surface area contributed by atoms with E-state index in [2.05, 4.69) is 26.3 Å². The van der Waals surface area contributed by atoms with Gasteiger partial charge in [-0.05, 0) is 22.0 Å². The van der Waals surface area contributed by atoms with E-state index in [0.29, 0.717) is 4.47 Å². The van der Waals surface area contributed by atoms with Crippen molar-refractivity contribution in [2.45, 2.75) is 12.2 Å². The zero-order valence-electron chi connectivity index (χ0n) is 9.38. The highest BCUT2D eigenvalue weighted by Crippen LogP contribution is 2.21. The molecule has 1 aliphatic heterocycles. The van der Waals surface area contributed by atoms with Crippen molar-refractivity contribution < 1.29 is 15.0 Å². The van der Waals surface area contributed by atoms with Crippen LogP contribution in [0.25, 0.3) is 0 Å². The van der Waals surface area contributed by atoms with E-state index < -0.39 is 12.2 Å². The molecule has 98 valence electrons. The van der Waals surface area contributed by atoms with Gasteiger partial charge in [0, 0.05) is 23.8 Å². The Morgan fingerprint density at radius 3 is 2.67 bits per heavy atom. The maximum absolute atomic E-state index is 12.2. The van der Waals surface area contributed by atoms with Gasteiger partial charge in [-0.1, -0.05) is 0 Å². The largest absolute Gasteiger partial charge is 0.388 e. The van der Waals surface area contributed by atoms with Crippen LogP contribution >= 0.6 is 15.9 Å². The Balaban J connectivity index is 2.26. The van der Waals surface area contributed by atoms with Crippen molar-refractivity contribution in [2.75, 3.05) is 18.5 Å². The van der Waals surface area contributed by atoms with E-state index in [-0.39, 0.29) is 30.4 Å². The average Bonchev–Trinajstić information content (AvgIpc) is 2.68.